The van der Waals surface area contributed by atoms with Crippen LogP contribution in [0.4, 0.5) is 10.2 Å². The number of fused-ring (bicyclic) bond motifs is 1. The molecule has 1 N–H and O–H groups in total. The van der Waals surface area contributed by atoms with E-state index in [4.69, 9.17) is 5.26 Å². The van der Waals surface area contributed by atoms with Crippen molar-refractivity contribution >= 4 is 22.6 Å². The molecule has 2 aromatic carbocycles. The highest BCUT2D eigenvalue weighted by Crippen LogP contribution is 2.16. The molecule has 4 rings (SSSR count). The van der Waals surface area contributed by atoms with Gasteiger partial charge in [0, 0.05) is 24.7 Å². The molecule has 2 aromatic heterocycles. The zero-order valence-corrected chi connectivity index (χ0v) is 15.6. The van der Waals surface area contributed by atoms with Crippen LogP contribution in [0.15, 0.2) is 54.9 Å². The van der Waals surface area contributed by atoms with E-state index in [0.717, 1.165) is 16.5 Å². The summed E-state index contributed by atoms with van der Waals surface area (Å²) in [7, 11) is 1.87. The maximum atomic E-state index is 13.7. The van der Waals surface area contributed by atoms with E-state index in [0.29, 0.717) is 17.9 Å². The lowest BCUT2D eigenvalue weighted by Gasteiger charge is -2.04. The van der Waals surface area contributed by atoms with E-state index in [1.165, 1.54) is 12.1 Å². The Hall–Kier alpha value is -3.99. The number of nitrogens with zero attached hydrogens (tertiary/aromatic N) is 5. The molecule has 0 atom stereocenters. The van der Waals surface area contributed by atoms with E-state index in [-0.39, 0.29) is 17.9 Å². The van der Waals surface area contributed by atoms with Gasteiger partial charge < -0.3 is 5.32 Å². The van der Waals surface area contributed by atoms with Crippen LogP contribution >= 0.6 is 0 Å². The largest absolute Gasteiger partial charge is 0.309 e. The Bertz CT molecular complexity index is 1250. The number of anilines is 1. The van der Waals surface area contributed by atoms with Crippen LogP contribution in [0.25, 0.3) is 10.9 Å². The smallest absolute Gasteiger partial charge is 0.229 e. The van der Waals surface area contributed by atoms with Crippen LogP contribution in [-0.2, 0) is 24.8 Å². The molecule has 144 valence electrons. The first-order chi connectivity index (χ1) is 14.0. The molecule has 4 aromatic rings. The summed E-state index contributed by atoms with van der Waals surface area (Å²) in [6.45, 7) is 0.330. The molecule has 0 aliphatic carbocycles. The zero-order valence-electron chi connectivity index (χ0n) is 15.6. The van der Waals surface area contributed by atoms with Crippen LogP contribution in [0, 0.1) is 17.1 Å². The Morgan fingerprint density at radius 2 is 2.03 bits per heavy atom. The van der Waals surface area contributed by atoms with E-state index in [1.54, 1.807) is 40.0 Å². The van der Waals surface area contributed by atoms with Crippen LogP contribution in [0.5, 0.6) is 0 Å². The van der Waals surface area contributed by atoms with Gasteiger partial charge in [-0.05, 0) is 35.4 Å². The highest BCUT2D eigenvalue weighted by molar-refractivity contribution is 5.92. The lowest BCUT2D eigenvalue weighted by Crippen LogP contribution is -2.15. The number of nitrogens with one attached hydrogen (secondary N) is 1. The van der Waals surface area contributed by atoms with E-state index < -0.39 is 5.82 Å². The average Bonchev–Trinajstić information content (AvgIpc) is 3.28. The first-order valence-corrected chi connectivity index (χ1v) is 8.94. The molecule has 0 spiro atoms. The molecule has 1 amide bonds. The zero-order chi connectivity index (χ0) is 20.4. The van der Waals surface area contributed by atoms with Crippen LogP contribution < -0.4 is 5.32 Å². The Morgan fingerprint density at radius 1 is 1.21 bits per heavy atom. The lowest BCUT2D eigenvalue weighted by atomic mass is 10.1. The molecule has 0 saturated heterocycles. The van der Waals surface area contributed by atoms with Crippen LogP contribution in [-0.4, -0.2) is 25.5 Å². The van der Waals surface area contributed by atoms with Crippen LogP contribution in [0.2, 0.25) is 0 Å². The highest BCUT2D eigenvalue weighted by atomic mass is 19.1. The number of rotatable bonds is 5. The Kier molecular flexibility index (Phi) is 4.79. The number of nitriles is 1. The minimum Gasteiger partial charge on any atom is -0.309 e. The number of aryl methyl sites for hydroxylation is 1. The van der Waals surface area contributed by atoms with E-state index in [9.17, 15) is 9.18 Å². The van der Waals surface area contributed by atoms with E-state index in [1.807, 2.05) is 25.2 Å². The van der Waals surface area contributed by atoms with Crippen molar-refractivity contribution in [1.82, 2.24) is 19.6 Å². The quantitative estimate of drug-likeness (QED) is 0.569. The van der Waals surface area contributed by atoms with Gasteiger partial charge in [0.1, 0.15) is 11.9 Å². The summed E-state index contributed by atoms with van der Waals surface area (Å²) in [5.74, 6) is -0.314. The van der Waals surface area contributed by atoms with Crippen molar-refractivity contribution in [3.8, 4) is 6.07 Å². The second-order valence-electron chi connectivity index (χ2n) is 6.71. The monoisotopic (exact) mass is 388 g/mol. The van der Waals surface area contributed by atoms with Crippen molar-refractivity contribution < 1.29 is 9.18 Å². The predicted molar refractivity (Wildman–Crippen MR) is 105 cm³/mol. The van der Waals surface area contributed by atoms with Gasteiger partial charge in [-0.1, -0.05) is 12.1 Å². The first-order valence-electron chi connectivity index (χ1n) is 8.94. The maximum absolute atomic E-state index is 13.7. The summed E-state index contributed by atoms with van der Waals surface area (Å²) in [5.41, 5.74) is 2.57. The highest BCUT2D eigenvalue weighted by Gasteiger charge is 2.09. The number of carbonyl (C=O) groups is 1. The van der Waals surface area contributed by atoms with Crippen molar-refractivity contribution in [3.63, 3.8) is 0 Å². The van der Waals surface area contributed by atoms with Crippen molar-refractivity contribution in [2.24, 2.45) is 7.05 Å². The van der Waals surface area contributed by atoms with Crippen LogP contribution in [0.1, 0.15) is 16.7 Å². The molecule has 0 radical (unpaired) electrons. The molecule has 7 nitrogen and oxygen atoms in total. The summed E-state index contributed by atoms with van der Waals surface area (Å²) < 4.78 is 17.1. The SMILES string of the molecule is Cn1ncc2cc(CC(=O)Nc3ccn(Cc4ccc(C#N)c(F)c4)n3)ccc21. The molecule has 8 heteroatoms. The minimum atomic E-state index is -0.559. The van der Waals surface area contributed by atoms with Gasteiger partial charge in [-0.15, -0.1) is 0 Å². The van der Waals surface area contributed by atoms with E-state index >= 15 is 0 Å². The predicted octanol–water partition coefficient (Wildman–Crippen LogP) is 3.01. The third-order valence-electron chi connectivity index (χ3n) is 4.58. The Balaban J connectivity index is 1.39. The Morgan fingerprint density at radius 3 is 2.83 bits per heavy atom. The molecular formula is C21H17FN6O. The summed E-state index contributed by atoms with van der Waals surface area (Å²) in [6.07, 6.45) is 3.69. The van der Waals surface area contributed by atoms with Gasteiger partial charge in [0.15, 0.2) is 5.82 Å². The average molecular weight is 388 g/mol. The molecule has 2 heterocycles. The number of carbonyl (C=O) groups excluding carboxylic acids is 1. The van der Waals surface area contributed by atoms with Gasteiger partial charge in [0.25, 0.3) is 0 Å². The molecule has 29 heavy (non-hydrogen) atoms. The third kappa shape index (κ3) is 3.99. The minimum absolute atomic E-state index is 0.00615. The molecule has 0 aliphatic heterocycles. The lowest BCUT2D eigenvalue weighted by molar-refractivity contribution is -0.115. The van der Waals surface area contributed by atoms with Gasteiger partial charge in [-0.2, -0.15) is 15.5 Å². The third-order valence-corrected chi connectivity index (χ3v) is 4.58. The number of hydrogen-bond acceptors (Lipinski definition) is 4. The second kappa shape index (κ2) is 7.56. The fourth-order valence-corrected chi connectivity index (χ4v) is 3.15. The van der Waals surface area contributed by atoms with Crippen molar-refractivity contribution in [1.29, 1.82) is 5.26 Å². The molecule has 0 fully saturated rings. The summed E-state index contributed by atoms with van der Waals surface area (Å²) in [4.78, 5) is 12.3. The second-order valence-corrected chi connectivity index (χ2v) is 6.71. The normalized spacial score (nSPS) is 10.8. The molecule has 0 bridgehead atoms. The van der Waals surface area contributed by atoms with E-state index in [2.05, 4.69) is 15.5 Å². The summed E-state index contributed by atoms with van der Waals surface area (Å²) >= 11 is 0. The van der Waals surface area contributed by atoms with Gasteiger partial charge >= 0.3 is 0 Å². The van der Waals surface area contributed by atoms with Crippen molar-refractivity contribution in [2.75, 3.05) is 5.32 Å². The number of benzene rings is 2. The van der Waals surface area contributed by atoms with Crippen molar-refractivity contribution in [2.45, 2.75) is 13.0 Å². The van der Waals surface area contributed by atoms with Gasteiger partial charge in [-0.3, -0.25) is 14.2 Å². The number of aromatic nitrogens is 4. The fraction of sp³-hybridized carbons (Fsp3) is 0.143. The molecule has 0 unspecified atom stereocenters. The summed E-state index contributed by atoms with van der Waals surface area (Å²) in [6, 6.07) is 13.7. The fourth-order valence-electron chi connectivity index (χ4n) is 3.15. The molecular weight excluding hydrogens is 371 g/mol. The standard InChI is InChI=1S/C21H17FN6O/c1-27-19-5-3-14(8-17(19)12-24-27)10-21(29)25-20-6-7-28(26-20)13-15-2-4-16(11-23)18(22)9-15/h2-9,12H,10,13H2,1H3,(H,25,26,29). The number of amides is 1. The van der Waals surface area contributed by atoms with Gasteiger partial charge in [0.2, 0.25) is 5.91 Å². The van der Waals surface area contributed by atoms with Crippen LogP contribution in [0.3, 0.4) is 0 Å². The Labute approximate surface area is 166 Å². The first kappa shape index (κ1) is 18.4. The molecule has 0 saturated carbocycles. The van der Waals surface area contributed by atoms with Gasteiger partial charge in [-0.25, -0.2) is 4.39 Å². The van der Waals surface area contributed by atoms with Crippen molar-refractivity contribution in [3.05, 3.63) is 77.4 Å². The topological polar surface area (TPSA) is 88.5 Å². The summed E-state index contributed by atoms with van der Waals surface area (Å²) in [5, 5.41) is 21.0. The molecule has 0 aliphatic rings. The maximum Gasteiger partial charge on any atom is 0.229 e. The number of halogens is 1. The van der Waals surface area contributed by atoms with Gasteiger partial charge in [0.05, 0.1) is 30.2 Å². The number of hydrogen-bond donors (Lipinski definition) is 1.